The smallest absolute Gasteiger partial charge is 0.0499 e. The van der Waals surface area contributed by atoms with E-state index in [1.807, 2.05) is 11.2 Å². The van der Waals surface area contributed by atoms with E-state index in [0.29, 0.717) is 5.92 Å². The largest absolute Gasteiger partial charge is 0.298 e. The molecule has 0 spiro atoms. The molecular formula is C10H20N2. The minimum atomic E-state index is 0.490. The summed E-state index contributed by atoms with van der Waals surface area (Å²) in [7, 11) is 0. The molecule has 0 heterocycles. The normalized spacial score (nSPS) is 11.1. The summed E-state index contributed by atoms with van der Waals surface area (Å²) in [5.41, 5.74) is 1.09. The molecule has 2 heteroatoms. The van der Waals surface area contributed by atoms with Crippen LogP contribution in [-0.2, 0) is 0 Å². The molecule has 0 aromatic heterocycles. The van der Waals surface area contributed by atoms with Crippen molar-refractivity contribution in [2.45, 2.75) is 27.7 Å². The summed E-state index contributed by atoms with van der Waals surface area (Å²) in [6, 6.07) is 0. The molecule has 0 aromatic rings. The van der Waals surface area contributed by atoms with Crippen LogP contribution in [0.15, 0.2) is 17.3 Å². The molecule has 70 valence electrons. The highest BCUT2D eigenvalue weighted by molar-refractivity contribution is 5.77. The Balaban J connectivity index is 3.95. The molecule has 0 rings (SSSR count). The highest BCUT2D eigenvalue weighted by Gasteiger charge is 1.96. The van der Waals surface area contributed by atoms with Crippen LogP contribution in [0.5, 0.6) is 0 Å². The molecule has 2 nitrogen and oxygen atoms in total. The number of allylic oxidation sites excluding steroid dienone is 1. The Bertz CT molecular complexity index is 155. The van der Waals surface area contributed by atoms with E-state index in [4.69, 9.17) is 0 Å². The first-order chi connectivity index (χ1) is 5.61. The van der Waals surface area contributed by atoms with Gasteiger partial charge in [0.15, 0.2) is 0 Å². The number of nitrogens with zero attached hydrogens (tertiary/aromatic N) is 2. The molecule has 0 amide bonds. The Labute approximate surface area is 76.0 Å². The average molecular weight is 168 g/mol. The van der Waals surface area contributed by atoms with Crippen molar-refractivity contribution in [2.75, 3.05) is 13.1 Å². The third-order valence-electron chi connectivity index (χ3n) is 1.86. The molecular weight excluding hydrogens is 148 g/mol. The van der Waals surface area contributed by atoms with Gasteiger partial charge in [-0.3, -0.25) is 5.01 Å². The molecule has 0 saturated carbocycles. The quantitative estimate of drug-likeness (QED) is 0.455. The molecule has 0 fully saturated rings. The Kier molecular flexibility index (Phi) is 5.43. The van der Waals surface area contributed by atoms with Crippen LogP contribution < -0.4 is 0 Å². The Morgan fingerprint density at radius 2 is 1.92 bits per heavy atom. The summed E-state index contributed by atoms with van der Waals surface area (Å²) in [5.74, 6) is 0.490. The third kappa shape index (κ3) is 4.16. The van der Waals surface area contributed by atoms with Gasteiger partial charge in [0.05, 0.1) is 0 Å². The lowest BCUT2D eigenvalue weighted by Crippen LogP contribution is -2.16. The fourth-order valence-corrected chi connectivity index (χ4v) is 0.692. The third-order valence-corrected chi connectivity index (χ3v) is 1.86. The lowest BCUT2D eigenvalue weighted by atomic mass is 10.1. The monoisotopic (exact) mass is 168 g/mol. The SMILES string of the molecule is C=C(/C=N\N(CC)CC)C(C)C. The van der Waals surface area contributed by atoms with Crippen LogP contribution in [0.2, 0.25) is 0 Å². The van der Waals surface area contributed by atoms with Crippen LogP contribution in [-0.4, -0.2) is 24.3 Å². The van der Waals surface area contributed by atoms with E-state index in [0.717, 1.165) is 18.7 Å². The van der Waals surface area contributed by atoms with E-state index in [9.17, 15) is 0 Å². The molecule has 0 aliphatic heterocycles. The molecule has 0 radical (unpaired) electrons. The number of hydrogen-bond acceptors (Lipinski definition) is 2. The molecule has 0 aliphatic rings. The van der Waals surface area contributed by atoms with Crippen molar-refractivity contribution in [1.29, 1.82) is 0 Å². The van der Waals surface area contributed by atoms with E-state index in [1.54, 1.807) is 0 Å². The van der Waals surface area contributed by atoms with Gasteiger partial charge >= 0.3 is 0 Å². The molecule has 0 aliphatic carbocycles. The predicted molar refractivity (Wildman–Crippen MR) is 55.4 cm³/mol. The van der Waals surface area contributed by atoms with Crippen LogP contribution in [0, 0.1) is 5.92 Å². The molecule has 0 aromatic carbocycles. The van der Waals surface area contributed by atoms with Gasteiger partial charge in [-0.2, -0.15) is 5.10 Å². The van der Waals surface area contributed by atoms with Gasteiger partial charge in [-0.1, -0.05) is 20.4 Å². The highest BCUT2D eigenvalue weighted by atomic mass is 15.4. The Morgan fingerprint density at radius 1 is 1.42 bits per heavy atom. The van der Waals surface area contributed by atoms with Crippen molar-refractivity contribution in [2.24, 2.45) is 11.0 Å². The van der Waals surface area contributed by atoms with Crippen molar-refractivity contribution >= 4 is 6.21 Å². The van der Waals surface area contributed by atoms with Gasteiger partial charge in [0, 0.05) is 19.3 Å². The second-order valence-electron chi connectivity index (χ2n) is 3.11. The minimum Gasteiger partial charge on any atom is -0.298 e. The van der Waals surface area contributed by atoms with Crippen LogP contribution in [0.1, 0.15) is 27.7 Å². The van der Waals surface area contributed by atoms with Gasteiger partial charge in [-0.05, 0) is 25.3 Å². The van der Waals surface area contributed by atoms with Crippen molar-refractivity contribution in [1.82, 2.24) is 5.01 Å². The van der Waals surface area contributed by atoms with Crippen LogP contribution in [0.3, 0.4) is 0 Å². The zero-order valence-electron chi connectivity index (χ0n) is 8.67. The van der Waals surface area contributed by atoms with Gasteiger partial charge < -0.3 is 0 Å². The molecule has 0 saturated heterocycles. The maximum Gasteiger partial charge on any atom is 0.0499 e. The zero-order chi connectivity index (χ0) is 9.56. The van der Waals surface area contributed by atoms with Gasteiger partial charge in [-0.15, -0.1) is 0 Å². The summed E-state index contributed by atoms with van der Waals surface area (Å²) in [6.45, 7) is 14.3. The fourth-order valence-electron chi connectivity index (χ4n) is 0.692. The van der Waals surface area contributed by atoms with Gasteiger partial charge in [0.25, 0.3) is 0 Å². The van der Waals surface area contributed by atoms with Crippen molar-refractivity contribution in [3.05, 3.63) is 12.2 Å². The van der Waals surface area contributed by atoms with Gasteiger partial charge in [0.1, 0.15) is 0 Å². The van der Waals surface area contributed by atoms with Crippen molar-refractivity contribution in [3.63, 3.8) is 0 Å². The predicted octanol–water partition coefficient (Wildman–Crippen LogP) is 2.53. The second-order valence-corrected chi connectivity index (χ2v) is 3.11. The van der Waals surface area contributed by atoms with Gasteiger partial charge in [0.2, 0.25) is 0 Å². The van der Waals surface area contributed by atoms with E-state index in [2.05, 4.69) is 39.4 Å². The molecule has 0 unspecified atom stereocenters. The maximum atomic E-state index is 4.29. The minimum absolute atomic E-state index is 0.490. The molecule has 0 atom stereocenters. The summed E-state index contributed by atoms with van der Waals surface area (Å²) in [4.78, 5) is 0. The average Bonchev–Trinajstić information content (AvgIpc) is 2.05. The van der Waals surface area contributed by atoms with E-state index >= 15 is 0 Å². The number of hydrazone groups is 1. The van der Waals surface area contributed by atoms with Crippen molar-refractivity contribution < 1.29 is 0 Å². The molecule has 0 N–H and O–H groups in total. The van der Waals surface area contributed by atoms with Crippen LogP contribution in [0.4, 0.5) is 0 Å². The number of hydrogen-bond donors (Lipinski definition) is 0. The topological polar surface area (TPSA) is 15.6 Å². The number of rotatable bonds is 5. The first kappa shape index (κ1) is 11.2. The fraction of sp³-hybridized carbons (Fsp3) is 0.700. The standard InChI is InChI=1S/C10H20N2/c1-6-12(7-2)11-8-10(5)9(3)4/h8-9H,5-7H2,1-4H3/b11-8-. The van der Waals surface area contributed by atoms with Crippen LogP contribution in [0.25, 0.3) is 0 Å². The Morgan fingerprint density at radius 3 is 2.25 bits per heavy atom. The first-order valence-corrected chi connectivity index (χ1v) is 4.59. The second kappa shape index (κ2) is 5.81. The first-order valence-electron chi connectivity index (χ1n) is 4.59. The van der Waals surface area contributed by atoms with Crippen molar-refractivity contribution in [3.8, 4) is 0 Å². The van der Waals surface area contributed by atoms with Gasteiger partial charge in [-0.25, -0.2) is 0 Å². The summed E-state index contributed by atoms with van der Waals surface area (Å²) >= 11 is 0. The summed E-state index contributed by atoms with van der Waals surface area (Å²) in [5, 5.41) is 6.30. The molecule has 12 heavy (non-hydrogen) atoms. The zero-order valence-corrected chi connectivity index (χ0v) is 8.67. The van der Waals surface area contributed by atoms with E-state index in [1.165, 1.54) is 0 Å². The molecule has 0 bridgehead atoms. The van der Waals surface area contributed by atoms with E-state index in [-0.39, 0.29) is 0 Å². The summed E-state index contributed by atoms with van der Waals surface area (Å²) < 4.78 is 0. The van der Waals surface area contributed by atoms with E-state index < -0.39 is 0 Å². The van der Waals surface area contributed by atoms with Crippen LogP contribution >= 0.6 is 0 Å². The lowest BCUT2D eigenvalue weighted by molar-refractivity contribution is 0.323. The Hall–Kier alpha value is -0.790. The summed E-state index contributed by atoms with van der Waals surface area (Å²) in [6.07, 6.45) is 1.86. The lowest BCUT2D eigenvalue weighted by Gasteiger charge is -2.13. The highest BCUT2D eigenvalue weighted by Crippen LogP contribution is 2.03. The maximum absolute atomic E-state index is 4.29.